The Morgan fingerprint density at radius 3 is 1.40 bits per heavy atom. The van der Waals surface area contributed by atoms with E-state index in [0.29, 0.717) is 0 Å². The molecule has 0 unspecified atom stereocenters. The first-order valence-corrected chi connectivity index (χ1v) is 5.64. The zero-order valence-electron chi connectivity index (χ0n) is 10.9. The van der Waals surface area contributed by atoms with Crippen molar-refractivity contribution in [1.29, 1.82) is 0 Å². The van der Waals surface area contributed by atoms with Crippen molar-refractivity contribution in [2.24, 2.45) is 5.73 Å². The molecule has 0 bridgehead atoms. The molecule has 0 saturated heterocycles. The summed E-state index contributed by atoms with van der Waals surface area (Å²) in [5.74, 6) is -2.77. The predicted molar refractivity (Wildman–Crippen MR) is 66.9 cm³/mol. The maximum Gasteiger partial charge on any atom is 0.239 e. The summed E-state index contributed by atoms with van der Waals surface area (Å²) in [7, 11) is 0. The number of nitrogens with two attached hydrogens (primary N) is 1. The third-order valence-electron chi connectivity index (χ3n) is 1.85. The minimum atomic E-state index is -0.699. The topological polar surface area (TPSA) is 159 Å². The summed E-state index contributed by atoms with van der Waals surface area (Å²) in [5, 5.41) is 8.89. The van der Waals surface area contributed by atoms with Gasteiger partial charge in [-0.05, 0) is 0 Å². The van der Waals surface area contributed by atoms with Gasteiger partial charge in [-0.1, -0.05) is 0 Å². The number of rotatable bonds is 8. The molecule has 5 amide bonds. The molecule has 6 N–H and O–H groups in total. The summed E-state index contributed by atoms with van der Waals surface area (Å²) in [6.45, 7) is 0.0315. The highest BCUT2D eigenvalue weighted by Crippen LogP contribution is 1.70. The fourth-order valence-corrected chi connectivity index (χ4v) is 0.936. The van der Waals surface area contributed by atoms with E-state index in [1.807, 2.05) is 0 Å². The molecular formula is C10H17N5O5. The van der Waals surface area contributed by atoms with Crippen LogP contribution < -0.4 is 27.0 Å². The minimum Gasteiger partial charge on any atom is -0.368 e. The standard InChI is InChI=1S/C10H17N5O5/c1-6(16)12-3-8(18)14-5-10(20)15-4-9(19)13-2-7(11)17/h2-5H2,1H3,(H2,11,17)(H,12,16)(H,13,19)(H,14,18)(H,15,20). The van der Waals surface area contributed by atoms with E-state index in [9.17, 15) is 24.0 Å². The van der Waals surface area contributed by atoms with E-state index in [1.54, 1.807) is 0 Å². The molecule has 0 heterocycles. The van der Waals surface area contributed by atoms with Gasteiger partial charge in [0.05, 0.1) is 26.2 Å². The van der Waals surface area contributed by atoms with Crippen molar-refractivity contribution >= 4 is 29.5 Å². The third kappa shape index (κ3) is 10.5. The molecule has 0 aliphatic heterocycles. The van der Waals surface area contributed by atoms with E-state index in [-0.39, 0.29) is 32.1 Å². The van der Waals surface area contributed by atoms with Crippen molar-refractivity contribution in [2.45, 2.75) is 6.92 Å². The van der Waals surface area contributed by atoms with Crippen LogP contribution in [0.5, 0.6) is 0 Å². The Hall–Kier alpha value is -2.65. The molecule has 0 atom stereocenters. The zero-order chi connectivity index (χ0) is 15.5. The number of carbonyl (C=O) groups excluding carboxylic acids is 5. The van der Waals surface area contributed by atoms with Crippen LogP contribution in [-0.4, -0.2) is 55.7 Å². The molecule has 0 spiro atoms. The molecule has 0 aromatic heterocycles. The lowest BCUT2D eigenvalue weighted by Gasteiger charge is -2.07. The third-order valence-corrected chi connectivity index (χ3v) is 1.85. The van der Waals surface area contributed by atoms with E-state index in [4.69, 9.17) is 5.73 Å². The SMILES string of the molecule is CC(=O)NCC(=O)NCC(=O)NCC(=O)NCC(N)=O. The second kappa shape index (κ2) is 9.30. The van der Waals surface area contributed by atoms with Crippen molar-refractivity contribution in [1.82, 2.24) is 21.3 Å². The van der Waals surface area contributed by atoms with E-state index >= 15 is 0 Å². The Balaban J connectivity index is 3.73. The van der Waals surface area contributed by atoms with Crippen molar-refractivity contribution < 1.29 is 24.0 Å². The first-order valence-electron chi connectivity index (χ1n) is 5.64. The number of primary amides is 1. The molecule has 0 aliphatic carbocycles. The average Bonchev–Trinajstić information content (AvgIpc) is 2.37. The molecule has 10 heteroatoms. The van der Waals surface area contributed by atoms with Gasteiger partial charge in [0.1, 0.15) is 0 Å². The predicted octanol–water partition coefficient (Wildman–Crippen LogP) is -4.04. The van der Waals surface area contributed by atoms with E-state index in [2.05, 4.69) is 21.3 Å². The highest BCUT2D eigenvalue weighted by Gasteiger charge is 2.08. The molecule has 112 valence electrons. The molecule has 0 fully saturated rings. The Bertz CT molecular complexity index is 373. The van der Waals surface area contributed by atoms with Gasteiger partial charge in [-0.15, -0.1) is 0 Å². The fourth-order valence-electron chi connectivity index (χ4n) is 0.936. The summed E-state index contributed by atoms with van der Waals surface area (Å²) in [4.78, 5) is 54.4. The molecule has 0 aliphatic rings. The van der Waals surface area contributed by atoms with E-state index in [1.165, 1.54) is 6.92 Å². The number of hydrogen-bond acceptors (Lipinski definition) is 5. The molecular weight excluding hydrogens is 270 g/mol. The molecule has 0 aromatic carbocycles. The minimum absolute atomic E-state index is 0.234. The summed E-state index contributed by atoms with van der Waals surface area (Å²) >= 11 is 0. The van der Waals surface area contributed by atoms with Crippen LogP contribution in [0.2, 0.25) is 0 Å². The lowest BCUT2D eigenvalue weighted by molar-refractivity contribution is -0.128. The van der Waals surface area contributed by atoms with Gasteiger partial charge in [-0.25, -0.2) is 0 Å². The zero-order valence-corrected chi connectivity index (χ0v) is 10.9. The second-order valence-corrected chi connectivity index (χ2v) is 3.71. The van der Waals surface area contributed by atoms with Crippen LogP contribution in [0.4, 0.5) is 0 Å². The van der Waals surface area contributed by atoms with Crippen LogP contribution in [-0.2, 0) is 24.0 Å². The summed E-state index contributed by atoms with van der Waals surface area (Å²) in [6, 6.07) is 0. The normalized spacial score (nSPS) is 9.25. The molecule has 10 nitrogen and oxygen atoms in total. The van der Waals surface area contributed by atoms with Gasteiger partial charge in [0.15, 0.2) is 0 Å². The number of amides is 5. The van der Waals surface area contributed by atoms with E-state index < -0.39 is 23.6 Å². The number of nitrogens with one attached hydrogen (secondary N) is 4. The van der Waals surface area contributed by atoms with Gasteiger partial charge in [-0.2, -0.15) is 0 Å². The summed E-state index contributed by atoms with van der Waals surface area (Å²) in [6.07, 6.45) is 0. The fraction of sp³-hybridized carbons (Fsp3) is 0.500. The number of hydrogen-bond donors (Lipinski definition) is 5. The Morgan fingerprint density at radius 1 is 0.700 bits per heavy atom. The molecule has 0 rings (SSSR count). The maximum atomic E-state index is 11.2. The van der Waals surface area contributed by atoms with Crippen molar-refractivity contribution in [2.75, 3.05) is 26.2 Å². The van der Waals surface area contributed by atoms with E-state index in [0.717, 1.165) is 0 Å². The highest BCUT2D eigenvalue weighted by molar-refractivity contribution is 5.90. The van der Waals surface area contributed by atoms with Gasteiger partial charge in [-0.3, -0.25) is 24.0 Å². The first-order chi connectivity index (χ1) is 9.31. The van der Waals surface area contributed by atoms with Crippen molar-refractivity contribution in [3.8, 4) is 0 Å². The maximum absolute atomic E-state index is 11.2. The van der Waals surface area contributed by atoms with Gasteiger partial charge in [0.2, 0.25) is 29.5 Å². The van der Waals surface area contributed by atoms with Gasteiger partial charge >= 0.3 is 0 Å². The largest absolute Gasteiger partial charge is 0.368 e. The van der Waals surface area contributed by atoms with Crippen molar-refractivity contribution in [3.05, 3.63) is 0 Å². The van der Waals surface area contributed by atoms with Gasteiger partial charge in [0, 0.05) is 6.92 Å². The van der Waals surface area contributed by atoms with Crippen LogP contribution in [0, 0.1) is 0 Å². The Labute approximate surface area is 114 Å². The number of carbonyl (C=O) groups is 5. The monoisotopic (exact) mass is 287 g/mol. The van der Waals surface area contributed by atoms with Crippen LogP contribution >= 0.6 is 0 Å². The van der Waals surface area contributed by atoms with Crippen LogP contribution in [0.25, 0.3) is 0 Å². The lowest BCUT2D eigenvalue weighted by atomic mass is 10.4. The molecule has 0 saturated carbocycles. The summed E-state index contributed by atoms with van der Waals surface area (Å²) in [5.41, 5.74) is 4.81. The Kier molecular flexibility index (Phi) is 8.07. The molecule has 20 heavy (non-hydrogen) atoms. The Morgan fingerprint density at radius 2 is 1.05 bits per heavy atom. The van der Waals surface area contributed by atoms with Crippen LogP contribution in [0.1, 0.15) is 6.92 Å². The molecule has 0 aromatic rings. The molecule has 0 radical (unpaired) electrons. The van der Waals surface area contributed by atoms with Gasteiger partial charge < -0.3 is 27.0 Å². The smallest absolute Gasteiger partial charge is 0.239 e. The average molecular weight is 287 g/mol. The van der Waals surface area contributed by atoms with Crippen LogP contribution in [0.3, 0.4) is 0 Å². The lowest BCUT2D eigenvalue weighted by Crippen LogP contribution is -2.45. The summed E-state index contributed by atoms with van der Waals surface area (Å²) < 4.78 is 0. The van der Waals surface area contributed by atoms with Crippen molar-refractivity contribution in [3.63, 3.8) is 0 Å². The van der Waals surface area contributed by atoms with Crippen LogP contribution in [0.15, 0.2) is 0 Å². The quantitative estimate of drug-likeness (QED) is 0.307. The highest BCUT2D eigenvalue weighted by atomic mass is 16.2. The second-order valence-electron chi connectivity index (χ2n) is 3.71. The van der Waals surface area contributed by atoms with Gasteiger partial charge in [0.25, 0.3) is 0 Å². The first kappa shape index (κ1) is 17.4.